The van der Waals surface area contributed by atoms with Crippen LogP contribution in [0.2, 0.25) is 5.02 Å². The molecule has 7 heteroatoms. The van der Waals surface area contributed by atoms with Gasteiger partial charge in [-0.25, -0.2) is 4.79 Å². The molecule has 0 heterocycles. The Balaban J connectivity index is 2.46. The smallest absolute Gasteiger partial charge is 0.335 e. The van der Waals surface area contributed by atoms with E-state index in [9.17, 15) is 9.59 Å². The van der Waals surface area contributed by atoms with Gasteiger partial charge in [-0.15, -0.1) is 0 Å². The Morgan fingerprint density at radius 3 is 2.38 bits per heavy atom. The quantitative estimate of drug-likeness (QED) is 0.861. The van der Waals surface area contributed by atoms with Crippen LogP contribution in [0.25, 0.3) is 0 Å². The number of ether oxygens (including phenoxy) is 2. The number of halogens is 1. The third-order valence-corrected chi connectivity index (χ3v) is 3.68. The summed E-state index contributed by atoms with van der Waals surface area (Å²) < 4.78 is 10.4. The van der Waals surface area contributed by atoms with E-state index in [4.69, 9.17) is 26.2 Å². The monoisotopic (exact) mass is 349 g/mol. The van der Waals surface area contributed by atoms with Crippen LogP contribution in [0.1, 0.15) is 26.3 Å². The molecular formula is C17H16ClNO5. The Kier molecular flexibility index (Phi) is 5.31. The van der Waals surface area contributed by atoms with Crippen LogP contribution in [-0.2, 0) is 0 Å². The zero-order valence-corrected chi connectivity index (χ0v) is 14.1. The zero-order valence-electron chi connectivity index (χ0n) is 13.3. The fraction of sp³-hybridized carbons (Fsp3) is 0.176. The van der Waals surface area contributed by atoms with Crippen molar-refractivity contribution in [3.8, 4) is 11.5 Å². The number of aryl methyl sites for hydroxylation is 1. The second-order valence-corrected chi connectivity index (χ2v) is 5.36. The van der Waals surface area contributed by atoms with Crippen molar-refractivity contribution in [2.24, 2.45) is 0 Å². The lowest BCUT2D eigenvalue weighted by Gasteiger charge is -2.15. The number of hydrogen-bond acceptors (Lipinski definition) is 4. The Bertz CT molecular complexity index is 804. The summed E-state index contributed by atoms with van der Waals surface area (Å²) in [5, 5.41) is 11.8. The molecule has 0 aliphatic heterocycles. The summed E-state index contributed by atoms with van der Waals surface area (Å²) in [5.74, 6) is -1.01. The van der Waals surface area contributed by atoms with Crippen molar-refractivity contribution in [2.75, 3.05) is 19.5 Å². The Morgan fingerprint density at radius 1 is 1.12 bits per heavy atom. The van der Waals surface area contributed by atoms with Crippen LogP contribution in [0, 0.1) is 6.92 Å². The lowest BCUT2D eigenvalue weighted by atomic mass is 10.1. The number of hydrogen-bond donors (Lipinski definition) is 2. The molecule has 0 aliphatic carbocycles. The summed E-state index contributed by atoms with van der Waals surface area (Å²) in [6, 6.07) is 7.69. The highest BCUT2D eigenvalue weighted by atomic mass is 35.5. The highest BCUT2D eigenvalue weighted by Crippen LogP contribution is 2.35. The maximum absolute atomic E-state index is 12.6. The molecule has 126 valence electrons. The Morgan fingerprint density at radius 2 is 1.79 bits per heavy atom. The predicted molar refractivity (Wildman–Crippen MR) is 90.6 cm³/mol. The summed E-state index contributed by atoms with van der Waals surface area (Å²) in [4.78, 5) is 23.7. The molecule has 0 radical (unpaired) electrons. The van der Waals surface area contributed by atoms with Gasteiger partial charge in [-0.1, -0.05) is 23.7 Å². The van der Waals surface area contributed by atoms with Gasteiger partial charge in [0.25, 0.3) is 5.91 Å². The second kappa shape index (κ2) is 7.23. The first kappa shape index (κ1) is 17.6. The van der Waals surface area contributed by atoms with Crippen molar-refractivity contribution >= 4 is 29.2 Å². The molecule has 0 spiro atoms. The van der Waals surface area contributed by atoms with Crippen LogP contribution in [0.15, 0.2) is 30.3 Å². The number of amides is 1. The van der Waals surface area contributed by atoms with Crippen LogP contribution in [0.4, 0.5) is 5.69 Å². The molecule has 2 aromatic rings. The van der Waals surface area contributed by atoms with E-state index in [1.807, 2.05) is 13.0 Å². The fourth-order valence-electron chi connectivity index (χ4n) is 2.31. The van der Waals surface area contributed by atoms with E-state index < -0.39 is 11.9 Å². The van der Waals surface area contributed by atoms with Gasteiger partial charge < -0.3 is 19.9 Å². The first-order chi connectivity index (χ1) is 11.4. The van der Waals surface area contributed by atoms with Crippen LogP contribution in [0.3, 0.4) is 0 Å². The maximum atomic E-state index is 12.6. The molecule has 0 atom stereocenters. The SMILES string of the molecule is COc1c(Cl)cc(C(=O)O)cc1NC(=O)c1cccc(C)c1OC. The van der Waals surface area contributed by atoms with Gasteiger partial charge in [-0.3, -0.25) is 4.79 Å². The molecule has 0 saturated heterocycles. The van der Waals surface area contributed by atoms with Gasteiger partial charge >= 0.3 is 5.97 Å². The lowest BCUT2D eigenvalue weighted by Crippen LogP contribution is -2.15. The van der Waals surface area contributed by atoms with Gasteiger partial charge in [0.2, 0.25) is 0 Å². The number of methoxy groups -OCH3 is 2. The number of carboxylic acids is 1. The second-order valence-electron chi connectivity index (χ2n) is 4.95. The van der Waals surface area contributed by atoms with Gasteiger partial charge in [-0.2, -0.15) is 0 Å². The molecule has 0 fully saturated rings. The van der Waals surface area contributed by atoms with E-state index in [0.29, 0.717) is 11.3 Å². The number of aromatic carboxylic acids is 1. The third-order valence-electron chi connectivity index (χ3n) is 3.40. The van der Waals surface area contributed by atoms with Gasteiger partial charge in [0.15, 0.2) is 5.75 Å². The zero-order chi connectivity index (χ0) is 17.9. The number of rotatable bonds is 5. The minimum Gasteiger partial charge on any atom is -0.496 e. The van der Waals surface area contributed by atoms with E-state index >= 15 is 0 Å². The minimum atomic E-state index is -1.16. The van der Waals surface area contributed by atoms with Crippen molar-refractivity contribution in [1.29, 1.82) is 0 Å². The molecule has 2 N–H and O–H groups in total. The normalized spacial score (nSPS) is 10.2. The first-order valence-electron chi connectivity index (χ1n) is 6.94. The van der Waals surface area contributed by atoms with E-state index in [-0.39, 0.29) is 22.0 Å². The number of nitrogens with one attached hydrogen (secondary N) is 1. The van der Waals surface area contributed by atoms with Crippen molar-refractivity contribution < 1.29 is 24.2 Å². The van der Waals surface area contributed by atoms with Crippen molar-refractivity contribution in [3.05, 3.63) is 52.0 Å². The molecule has 2 aromatic carbocycles. The van der Waals surface area contributed by atoms with Crippen LogP contribution >= 0.6 is 11.6 Å². The number of anilines is 1. The van der Waals surface area contributed by atoms with Gasteiger partial charge in [-0.05, 0) is 30.7 Å². The van der Waals surface area contributed by atoms with Crippen molar-refractivity contribution in [2.45, 2.75) is 6.92 Å². The lowest BCUT2D eigenvalue weighted by molar-refractivity contribution is 0.0696. The Hall–Kier alpha value is -2.73. The molecular weight excluding hydrogens is 334 g/mol. The predicted octanol–water partition coefficient (Wildman–Crippen LogP) is 3.62. The first-order valence-corrected chi connectivity index (χ1v) is 7.32. The van der Waals surface area contributed by atoms with E-state index in [2.05, 4.69) is 5.32 Å². The number of benzene rings is 2. The molecule has 0 unspecified atom stereocenters. The number of para-hydroxylation sites is 1. The van der Waals surface area contributed by atoms with Crippen LogP contribution in [-0.4, -0.2) is 31.2 Å². The largest absolute Gasteiger partial charge is 0.496 e. The molecule has 0 aromatic heterocycles. The average Bonchev–Trinajstić information content (AvgIpc) is 2.54. The fourth-order valence-corrected chi connectivity index (χ4v) is 2.61. The summed E-state index contributed by atoms with van der Waals surface area (Å²) >= 11 is 6.03. The molecule has 0 aliphatic rings. The number of carboxylic acid groups (broad SMARTS) is 1. The molecule has 24 heavy (non-hydrogen) atoms. The van der Waals surface area contributed by atoms with Crippen LogP contribution in [0.5, 0.6) is 11.5 Å². The summed E-state index contributed by atoms with van der Waals surface area (Å²) in [6.45, 7) is 1.82. The number of carbonyl (C=O) groups excluding carboxylic acids is 1. The minimum absolute atomic E-state index is 0.0627. The number of carbonyl (C=O) groups is 2. The maximum Gasteiger partial charge on any atom is 0.335 e. The standard InChI is InChI=1S/C17H16ClNO5/c1-9-5-4-6-11(14(9)23-2)16(20)19-13-8-10(17(21)22)7-12(18)15(13)24-3/h4-8H,1-3H3,(H,19,20)(H,21,22). The third kappa shape index (κ3) is 3.44. The van der Waals surface area contributed by atoms with E-state index in [1.54, 1.807) is 12.1 Å². The van der Waals surface area contributed by atoms with Crippen molar-refractivity contribution in [3.63, 3.8) is 0 Å². The van der Waals surface area contributed by atoms with Gasteiger partial charge in [0.05, 0.1) is 36.1 Å². The van der Waals surface area contributed by atoms with E-state index in [1.165, 1.54) is 26.4 Å². The van der Waals surface area contributed by atoms with Crippen molar-refractivity contribution in [1.82, 2.24) is 0 Å². The topological polar surface area (TPSA) is 84.9 Å². The molecule has 0 saturated carbocycles. The molecule has 0 bridgehead atoms. The average molecular weight is 350 g/mol. The highest BCUT2D eigenvalue weighted by molar-refractivity contribution is 6.33. The highest BCUT2D eigenvalue weighted by Gasteiger charge is 2.19. The Labute approximate surface area is 144 Å². The molecule has 1 amide bonds. The van der Waals surface area contributed by atoms with Crippen LogP contribution < -0.4 is 14.8 Å². The van der Waals surface area contributed by atoms with Gasteiger partial charge in [0, 0.05) is 0 Å². The summed E-state index contributed by atoms with van der Waals surface area (Å²) in [7, 11) is 2.85. The summed E-state index contributed by atoms with van der Waals surface area (Å²) in [6.07, 6.45) is 0. The van der Waals surface area contributed by atoms with E-state index in [0.717, 1.165) is 5.56 Å². The molecule has 6 nitrogen and oxygen atoms in total. The molecule has 2 rings (SSSR count). The summed E-state index contributed by atoms with van der Waals surface area (Å²) in [5.41, 5.74) is 1.22. The van der Waals surface area contributed by atoms with Gasteiger partial charge in [0.1, 0.15) is 5.75 Å².